The fraction of sp³-hybridized carbons (Fsp3) is 0.714. The molecule has 2 rings (SSSR count). The van der Waals surface area contributed by atoms with E-state index in [1.54, 1.807) is 0 Å². The highest BCUT2D eigenvalue weighted by molar-refractivity contribution is 5.86. The van der Waals surface area contributed by atoms with Crippen molar-refractivity contribution < 1.29 is 19.4 Å². The second-order valence-electron chi connectivity index (χ2n) is 5.18. The Balaban J connectivity index is 1.84. The topological polar surface area (TPSA) is 75.6 Å². The third kappa shape index (κ3) is 2.97. The summed E-state index contributed by atoms with van der Waals surface area (Å²) >= 11 is 0. The number of ether oxygens (including phenoxy) is 1. The van der Waals surface area contributed by atoms with Gasteiger partial charge < -0.3 is 15.2 Å². The summed E-state index contributed by atoms with van der Waals surface area (Å²) in [5, 5.41) is 12.1. The number of hydrogen-bond donors (Lipinski definition) is 2. The highest BCUT2D eigenvalue weighted by Crippen LogP contribution is 2.48. The van der Waals surface area contributed by atoms with E-state index in [1.807, 2.05) is 19.1 Å². The van der Waals surface area contributed by atoms with Crippen molar-refractivity contribution in [1.29, 1.82) is 0 Å². The molecule has 4 unspecified atom stereocenters. The third-order valence-corrected chi connectivity index (χ3v) is 4.02. The third-order valence-electron chi connectivity index (χ3n) is 4.02. The Morgan fingerprint density at radius 3 is 2.63 bits per heavy atom. The zero-order valence-corrected chi connectivity index (χ0v) is 11.2. The first-order valence-electron chi connectivity index (χ1n) is 6.91. The van der Waals surface area contributed by atoms with Gasteiger partial charge in [-0.3, -0.25) is 9.59 Å². The Kier molecular flexibility index (Phi) is 4.58. The molecule has 0 aliphatic heterocycles. The molecule has 1 saturated carbocycles. The van der Waals surface area contributed by atoms with Crippen LogP contribution in [0.3, 0.4) is 0 Å². The van der Waals surface area contributed by atoms with Crippen molar-refractivity contribution in [3.05, 3.63) is 12.2 Å². The lowest BCUT2D eigenvalue weighted by Crippen LogP contribution is -2.40. The Bertz CT molecular complexity index is 380. The van der Waals surface area contributed by atoms with Gasteiger partial charge in [-0.15, -0.1) is 0 Å². The molecule has 19 heavy (non-hydrogen) atoms. The number of carbonyl (C=O) groups is 2. The fourth-order valence-electron chi connectivity index (χ4n) is 3.16. The van der Waals surface area contributed by atoms with Crippen molar-refractivity contribution in [3.8, 4) is 0 Å². The van der Waals surface area contributed by atoms with Crippen LogP contribution in [0.4, 0.5) is 0 Å². The summed E-state index contributed by atoms with van der Waals surface area (Å²) in [4.78, 5) is 23.4. The molecular formula is C14H21NO4. The largest absolute Gasteiger partial charge is 0.481 e. The number of carboxylic acids is 1. The maximum Gasteiger partial charge on any atom is 0.307 e. The van der Waals surface area contributed by atoms with E-state index >= 15 is 0 Å². The molecular weight excluding hydrogens is 246 g/mol. The summed E-state index contributed by atoms with van der Waals surface area (Å²) in [7, 11) is 0. The van der Waals surface area contributed by atoms with Gasteiger partial charge in [-0.1, -0.05) is 12.2 Å². The Morgan fingerprint density at radius 1 is 1.32 bits per heavy atom. The lowest BCUT2D eigenvalue weighted by Gasteiger charge is -2.23. The summed E-state index contributed by atoms with van der Waals surface area (Å²) < 4.78 is 5.19. The monoisotopic (exact) mass is 267 g/mol. The van der Waals surface area contributed by atoms with Crippen molar-refractivity contribution >= 4 is 11.9 Å². The summed E-state index contributed by atoms with van der Waals surface area (Å²) in [5.74, 6) is -1.81. The molecule has 1 fully saturated rings. The molecule has 2 aliphatic carbocycles. The minimum absolute atomic E-state index is 0.0293. The zero-order valence-electron chi connectivity index (χ0n) is 11.2. The van der Waals surface area contributed by atoms with Crippen LogP contribution in [0.1, 0.15) is 19.8 Å². The molecule has 0 heterocycles. The zero-order chi connectivity index (χ0) is 13.8. The molecule has 0 aromatic heterocycles. The standard InChI is InChI=1S/C14H21NO4/c1-2-19-7-3-6-15-13(16)11-9-4-5-10(8-9)12(11)14(17)18/h4-5,9-12H,2-3,6-8H2,1H3,(H,15,16)(H,17,18). The SMILES string of the molecule is CCOCCCNC(=O)C1C2C=CC(C2)C1C(=O)O. The van der Waals surface area contributed by atoms with Crippen LogP contribution in [0.25, 0.3) is 0 Å². The first kappa shape index (κ1) is 14.1. The normalized spacial score (nSPS) is 31.6. The highest BCUT2D eigenvalue weighted by Gasteiger charge is 2.51. The molecule has 4 atom stereocenters. The smallest absolute Gasteiger partial charge is 0.307 e. The van der Waals surface area contributed by atoms with E-state index in [-0.39, 0.29) is 17.7 Å². The number of amides is 1. The molecule has 106 valence electrons. The minimum Gasteiger partial charge on any atom is -0.481 e. The van der Waals surface area contributed by atoms with Crippen molar-refractivity contribution in [2.45, 2.75) is 19.8 Å². The van der Waals surface area contributed by atoms with Crippen LogP contribution in [-0.4, -0.2) is 36.7 Å². The molecule has 0 saturated heterocycles. The van der Waals surface area contributed by atoms with Gasteiger partial charge >= 0.3 is 5.97 Å². The predicted octanol–water partition coefficient (Wildman–Crippen LogP) is 1.05. The fourth-order valence-corrected chi connectivity index (χ4v) is 3.16. The number of rotatable bonds is 7. The number of carbonyl (C=O) groups excluding carboxylic acids is 1. The van der Waals surface area contributed by atoms with Crippen LogP contribution in [0.15, 0.2) is 12.2 Å². The molecule has 5 nitrogen and oxygen atoms in total. The van der Waals surface area contributed by atoms with Crippen molar-refractivity contribution in [3.63, 3.8) is 0 Å². The van der Waals surface area contributed by atoms with Gasteiger partial charge in [0.1, 0.15) is 0 Å². The van der Waals surface area contributed by atoms with E-state index in [1.165, 1.54) is 0 Å². The van der Waals surface area contributed by atoms with Gasteiger partial charge in [0.05, 0.1) is 11.8 Å². The van der Waals surface area contributed by atoms with Gasteiger partial charge in [0.15, 0.2) is 0 Å². The van der Waals surface area contributed by atoms with E-state index in [0.29, 0.717) is 19.8 Å². The van der Waals surface area contributed by atoms with Gasteiger partial charge in [-0.05, 0) is 31.6 Å². The van der Waals surface area contributed by atoms with E-state index in [4.69, 9.17) is 4.74 Å². The second-order valence-corrected chi connectivity index (χ2v) is 5.18. The molecule has 0 spiro atoms. The van der Waals surface area contributed by atoms with Crippen LogP contribution >= 0.6 is 0 Å². The minimum atomic E-state index is -0.855. The number of allylic oxidation sites excluding steroid dienone is 2. The van der Waals surface area contributed by atoms with E-state index in [0.717, 1.165) is 12.8 Å². The summed E-state index contributed by atoms with van der Waals surface area (Å²) in [6, 6.07) is 0. The summed E-state index contributed by atoms with van der Waals surface area (Å²) in [6.45, 7) is 3.77. The van der Waals surface area contributed by atoms with Gasteiger partial charge in [0.2, 0.25) is 5.91 Å². The average molecular weight is 267 g/mol. The van der Waals surface area contributed by atoms with Crippen molar-refractivity contribution in [2.24, 2.45) is 23.7 Å². The quantitative estimate of drug-likeness (QED) is 0.534. The van der Waals surface area contributed by atoms with Gasteiger partial charge in [0, 0.05) is 19.8 Å². The number of hydrogen-bond acceptors (Lipinski definition) is 3. The van der Waals surface area contributed by atoms with Crippen LogP contribution in [0.5, 0.6) is 0 Å². The first-order chi connectivity index (χ1) is 9.15. The summed E-state index contributed by atoms with van der Waals surface area (Å²) in [5.41, 5.74) is 0. The Morgan fingerprint density at radius 2 is 2.00 bits per heavy atom. The molecule has 0 aromatic rings. The maximum absolute atomic E-state index is 12.1. The number of carboxylic acid groups (broad SMARTS) is 1. The molecule has 0 radical (unpaired) electrons. The lowest BCUT2D eigenvalue weighted by atomic mass is 9.82. The average Bonchev–Trinajstić information content (AvgIpc) is 2.98. The molecule has 2 aliphatic rings. The van der Waals surface area contributed by atoms with Crippen LogP contribution in [-0.2, 0) is 14.3 Å². The van der Waals surface area contributed by atoms with E-state index in [2.05, 4.69) is 5.32 Å². The highest BCUT2D eigenvalue weighted by atomic mass is 16.5. The Labute approximate surface area is 113 Å². The van der Waals surface area contributed by atoms with Gasteiger partial charge in [-0.25, -0.2) is 0 Å². The van der Waals surface area contributed by atoms with Crippen LogP contribution in [0.2, 0.25) is 0 Å². The number of fused-ring (bicyclic) bond motifs is 2. The Hall–Kier alpha value is -1.36. The van der Waals surface area contributed by atoms with E-state index < -0.39 is 17.8 Å². The number of nitrogens with one attached hydrogen (secondary N) is 1. The van der Waals surface area contributed by atoms with Crippen LogP contribution in [0, 0.1) is 23.7 Å². The van der Waals surface area contributed by atoms with Gasteiger partial charge in [0.25, 0.3) is 0 Å². The lowest BCUT2D eigenvalue weighted by molar-refractivity contribution is -0.147. The molecule has 2 N–H and O–H groups in total. The molecule has 0 aromatic carbocycles. The molecule has 2 bridgehead atoms. The predicted molar refractivity (Wildman–Crippen MR) is 69.5 cm³/mol. The maximum atomic E-state index is 12.1. The molecule has 1 amide bonds. The van der Waals surface area contributed by atoms with Crippen molar-refractivity contribution in [1.82, 2.24) is 5.32 Å². The first-order valence-corrected chi connectivity index (χ1v) is 6.91. The van der Waals surface area contributed by atoms with Crippen molar-refractivity contribution in [2.75, 3.05) is 19.8 Å². The van der Waals surface area contributed by atoms with Crippen LogP contribution < -0.4 is 5.32 Å². The second kappa shape index (κ2) is 6.19. The summed E-state index contributed by atoms with van der Waals surface area (Å²) in [6.07, 6.45) is 5.50. The number of aliphatic carboxylic acids is 1. The molecule has 5 heteroatoms. The van der Waals surface area contributed by atoms with Gasteiger partial charge in [-0.2, -0.15) is 0 Å². The van der Waals surface area contributed by atoms with E-state index in [9.17, 15) is 14.7 Å².